The Balaban J connectivity index is 2.48. The van der Waals surface area contributed by atoms with Crippen LogP contribution in [0.3, 0.4) is 0 Å². The van der Waals surface area contributed by atoms with Crippen molar-refractivity contribution in [3.8, 4) is 5.75 Å². The molecule has 0 bridgehead atoms. The standard InChI is InChI=1S/C25H39N3O5/c1-14(2)19(27-24(32)33-25(6,7)8)23(31)28(17-12-13-17)20(22(30)26-15(3)4)18-11-9-10-16(5)21(18)29/h9-11,14-15,17,19-20,29H,12-13H2,1-8H3,(H,26,30)(H,27,32). The molecule has 1 aliphatic rings. The summed E-state index contributed by atoms with van der Waals surface area (Å²) in [4.78, 5) is 41.2. The fourth-order valence-electron chi connectivity index (χ4n) is 3.66. The van der Waals surface area contributed by atoms with Gasteiger partial charge >= 0.3 is 6.09 Å². The lowest BCUT2D eigenvalue weighted by Gasteiger charge is -2.36. The Kier molecular flexibility index (Phi) is 8.38. The third-order valence-electron chi connectivity index (χ3n) is 5.32. The summed E-state index contributed by atoms with van der Waals surface area (Å²) in [6.45, 7) is 14.4. The number of carbonyl (C=O) groups is 3. The molecular formula is C25H39N3O5. The van der Waals surface area contributed by atoms with Gasteiger partial charge in [-0.2, -0.15) is 0 Å². The van der Waals surface area contributed by atoms with Gasteiger partial charge in [-0.25, -0.2) is 4.79 Å². The van der Waals surface area contributed by atoms with Gasteiger partial charge in [0.15, 0.2) is 0 Å². The van der Waals surface area contributed by atoms with Crippen LogP contribution in [-0.4, -0.2) is 51.6 Å². The van der Waals surface area contributed by atoms with E-state index in [2.05, 4.69) is 10.6 Å². The molecule has 1 aromatic carbocycles. The first-order valence-corrected chi connectivity index (χ1v) is 11.6. The minimum Gasteiger partial charge on any atom is -0.507 e. The Morgan fingerprint density at radius 2 is 1.70 bits per heavy atom. The van der Waals surface area contributed by atoms with E-state index >= 15 is 0 Å². The fourth-order valence-corrected chi connectivity index (χ4v) is 3.66. The molecule has 8 nitrogen and oxygen atoms in total. The number of benzene rings is 1. The van der Waals surface area contributed by atoms with Crippen LogP contribution in [0.5, 0.6) is 5.75 Å². The molecule has 33 heavy (non-hydrogen) atoms. The first-order valence-electron chi connectivity index (χ1n) is 11.6. The second-order valence-corrected chi connectivity index (χ2v) is 10.4. The number of nitrogens with zero attached hydrogens (tertiary/aromatic N) is 1. The molecule has 0 heterocycles. The molecule has 1 saturated carbocycles. The number of phenols is 1. The predicted molar refractivity (Wildman–Crippen MR) is 127 cm³/mol. The number of alkyl carbamates (subject to hydrolysis) is 1. The average Bonchev–Trinajstić information content (AvgIpc) is 3.49. The van der Waals surface area contributed by atoms with E-state index in [1.807, 2.05) is 27.7 Å². The summed E-state index contributed by atoms with van der Waals surface area (Å²) in [5, 5.41) is 16.4. The molecule has 1 fully saturated rings. The van der Waals surface area contributed by atoms with Gasteiger partial charge in [0.25, 0.3) is 0 Å². The zero-order chi connectivity index (χ0) is 25.1. The summed E-state index contributed by atoms with van der Waals surface area (Å²) in [6.07, 6.45) is 0.814. The molecule has 0 radical (unpaired) electrons. The van der Waals surface area contributed by atoms with Gasteiger partial charge in [-0.15, -0.1) is 0 Å². The van der Waals surface area contributed by atoms with Crippen LogP contribution < -0.4 is 10.6 Å². The third kappa shape index (κ3) is 7.11. The molecule has 8 heteroatoms. The van der Waals surface area contributed by atoms with Crippen molar-refractivity contribution < 1.29 is 24.2 Å². The van der Waals surface area contributed by atoms with Crippen LogP contribution in [0.25, 0.3) is 0 Å². The lowest BCUT2D eigenvalue weighted by molar-refractivity contribution is -0.144. The van der Waals surface area contributed by atoms with Crippen LogP contribution in [0.2, 0.25) is 0 Å². The number of phenolic OH excluding ortho intramolecular Hbond substituents is 1. The summed E-state index contributed by atoms with van der Waals surface area (Å²) in [5.41, 5.74) is 0.274. The topological polar surface area (TPSA) is 108 Å². The van der Waals surface area contributed by atoms with E-state index in [1.165, 1.54) is 4.90 Å². The minimum atomic E-state index is -1.02. The third-order valence-corrected chi connectivity index (χ3v) is 5.32. The second kappa shape index (κ2) is 10.4. The van der Waals surface area contributed by atoms with Crippen molar-refractivity contribution in [2.75, 3.05) is 0 Å². The number of nitrogens with one attached hydrogen (secondary N) is 2. The average molecular weight is 462 g/mol. The normalized spacial score (nSPS) is 15.7. The predicted octanol–water partition coefficient (Wildman–Crippen LogP) is 3.81. The zero-order valence-corrected chi connectivity index (χ0v) is 21.1. The van der Waals surface area contributed by atoms with Crippen molar-refractivity contribution in [3.05, 3.63) is 29.3 Å². The quantitative estimate of drug-likeness (QED) is 0.546. The highest BCUT2D eigenvalue weighted by Gasteiger charge is 2.45. The Bertz CT molecular complexity index is 871. The summed E-state index contributed by atoms with van der Waals surface area (Å²) < 4.78 is 5.36. The highest BCUT2D eigenvalue weighted by Crippen LogP contribution is 2.39. The molecule has 2 atom stereocenters. The fraction of sp³-hybridized carbons (Fsp3) is 0.640. The number of ether oxygens (including phenoxy) is 1. The molecule has 1 aromatic rings. The lowest BCUT2D eigenvalue weighted by atomic mass is 9.96. The Hall–Kier alpha value is -2.77. The molecule has 0 aliphatic heterocycles. The number of amides is 3. The summed E-state index contributed by atoms with van der Waals surface area (Å²) in [7, 11) is 0. The van der Waals surface area contributed by atoms with Crippen LogP contribution in [0.1, 0.15) is 78.5 Å². The van der Waals surface area contributed by atoms with Crippen LogP contribution in [0, 0.1) is 12.8 Å². The van der Waals surface area contributed by atoms with E-state index in [0.717, 1.165) is 12.8 Å². The zero-order valence-electron chi connectivity index (χ0n) is 21.1. The first-order chi connectivity index (χ1) is 15.2. The number of hydrogen-bond acceptors (Lipinski definition) is 5. The summed E-state index contributed by atoms with van der Waals surface area (Å²) in [6, 6.07) is 2.97. The molecule has 184 valence electrons. The molecule has 2 unspecified atom stereocenters. The Morgan fingerprint density at radius 3 is 2.18 bits per heavy atom. The van der Waals surface area contributed by atoms with E-state index in [1.54, 1.807) is 45.9 Å². The van der Waals surface area contributed by atoms with E-state index < -0.39 is 23.8 Å². The van der Waals surface area contributed by atoms with Gasteiger partial charge in [-0.3, -0.25) is 9.59 Å². The number of hydrogen-bond donors (Lipinski definition) is 3. The van der Waals surface area contributed by atoms with E-state index in [-0.39, 0.29) is 35.6 Å². The summed E-state index contributed by atoms with van der Waals surface area (Å²) in [5.74, 6) is -0.999. The highest BCUT2D eigenvalue weighted by atomic mass is 16.6. The second-order valence-electron chi connectivity index (χ2n) is 10.4. The monoisotopic (exact) mass is 461 g/mol. The smallest absolute Gasteiger partial charge is 0.408 e. The van der Waals surface area contributed by atoms with Crippen molar-refractivity contribution in [2.24, 2.45) is 5.92 Å². The van der Waals surface area contributed by atoms with Gasteiger partial charge in [0.05, 0.1) is 0 Å². The Morgan fingerprint density at radius 1 is 1.09 bits per heavy atom. The molecule has 3 amide bonds. The minimum absolute atomic E-state index is 0.0129. The maximum atomic E-state index is 13.9. The van der Waals surface area contributed by atoms with Gasteiger partial charge in [0, 0.05) is 17.6 Å². The number of aryl methyl sites for hydroxylation is 1. The number of rotatable bonds is 8. The first kappa shape index (κ1) is 26.5. The van der Waals surface area contributed by atoms with Crippen molar-refractivity contribution in [2.45, 2.75) is 98.0 Å². The van der Waals surface area contributed by atoms with Crippen LogP contribution in [-0.2, 0) is 14.3 Å². The number of aromatic hydroxyl groups is 1. The van der Waals surface area contributed by atoms with Gasteiger partial charge < -0.3 is 25.4 Å². The van der Waals surface area contributed by atoms with Crippen LogP contribution in [0.4, 0.5) is 4.79 Å². The maximum Gasteiger partial charge on any atom is 0.408 e. The molecule has 2 rings (SSSR count). The molecular weight excluding hydrogens is 422 g/mol. The van der Waals surface area contributed by atoms with E-state index in [0.29, 0.717) is 11.1 Å². The van der Waals surface area contributed by atoms with Gasteiger partial charge in [-0.05, 0) is 65.9 Å². The lowest BCUT2D eigenvalue weighted by Crippen LogP contribution is -2.55. The largest absolute Gasteiger partial charge is 0.507 e. The van der Waals surface area contributed by atoms with Crippen molar-refractivity contribution >= 4 is 17.9 Å². The highest BCUT2D eigenvalue weighted by molar-refractivity contribution is 5.93. The Labute approximate surface area is 197 Å². The summed E-state index contributed by atoms with van der Waals surface area (Å²) >= 11 is 0. The van der Waals surface area contributed by atoms with Crippen molar-refractivity contribution in [3.63, 3.8) is 0 Å². The van der Waals surface area contributed by atoms with Gasteiger partial charge in [0.1, 0.15) is 23.4 Å². The van der Waals surface area contributed by atoms with E-state index in [9.17, 15) is 19.5 Å². The van der Waals surface area contributed by atoms with Crippen molar-refractivity contribution in [1.82, 2.24) is 15.5 Å². The number of carbonyl (C=O) groups excluding carboxylic acids is 3. The molecule has 1 aliphatic carbocycles. The van der Waals surface area contributed by atoms with Gasteiger partial charge in [0.2, 0.25) is 11.8 Å². The SMILES string of the molecule is Cc1cccc(C(C(=O)NC(C)C)N(C(=O)C(NC(=O)OC(C)(C)C)C(C)C)C2CC2)c1O. The van der Waals surface area contributed by atoms with E-state index in [4.69, 9.17) is 4.74 Å². The number of para-hydroxylation sites is 1. The van der Waals surface area contributed by atoms with Gasteiger partial charge in [-0.1, -0.05) is 32.0 Å². The molecule has 0 aromatic heterocycles. The molecule has 0 saturated heterocycles. The molecule has 3 N–H and O–H groups in total. The maximum absolute atomic E-state index is 13.9. The van der Waals surface area contributed by atoms with Crippen LogP contribution >= 0.6 is 0 Å². The molecule has 0 spiro atoms. The van der Waals surface area contributed by atoms with Crippen LogP contribution in [0.15, 0.2) is 18.2 Å². The van der Waals surface area contributed by atoms with Crippen molar-refractivity contribution in [1.29, 1.82) is 0 Å².